The number of carbonyl (C=O) groups excluding carboxylic acids is 1. The van der Waals surface area contributed by atoms with Gasteiger partial charge >= 0.3 is 0 Å². The van der Waals surface area contributed by atoms with Gasteiger partial charge in [-0.1, -0.05) is 66.2 Å². The summed E-state index contributed by atoms with van der Waals surface area (Å²) >= 11 is 7.52. The van der Waals surface area contributed by atoms with Crippen molar-refractivity contribution < 1.29 is 4.79 Å². The molecule has 0 atom stereocenters. The lowest BCUT2D eigenvalue weighted by Crippen LogP contribution is -2.24. The second kappa shape index (κ2) is 8.76. The molecule has 4 aromatic rings. The van der Waals surface area contributed by atoms with Gasteiger partial charge in [0.15, 0.2) is 0 Å². The quantitative estimate of drug-likeness (QED) is 0.434. The predicted molar refractivity (Wildman–Crippen MR) is 121 cm³/mol. The Hall–Kier alpha value is -2.69. The number of nitrogens with one attached hydrogen (secondary N) is 1. The number of fused-ring (bicyclic) bond motifs is 1. The molecule has 0 radical (unpaired) electrons. The molecule has 146 valence electrons. The van der Waals surface area contributed by atoms with Crippen LogP contribution in [0.4, 0.5) is 0 Å². The Morgan fingerprint density at radius 3 is 2.62 bits per heavy atom. The molecule has 3 aromatic carbocycles. The largest absolute Gasteiger partial charge is 0.352 e. The summed E-state index contributed by atoms with van der Waals surface area (Å²) < 4.78 is 0. The van der Waals surface area contributed by atoms with Gasteiger partial charge in [-0.2, -0.15) is 0 Å². The Labute approximate surface area is 179 Å². The number of hydrogen-bond acceptors (Lipinski definition) is 3. The van der Waals surface area contributed by atoms with Crippen LogP contribution in [0.15, 0.2) is 66.7 Å². The molecule has 0 aliphatic carbocycles. The van der Waals surface area contributed by atoms with Gasteiger partial charge in [-0.25, -0.2) is 4.98 Å². The number of amides is 1. The van der Waals surface area contributed by atoms with Crippen LogP contribution < -0.4 is 5.32 Å². The molecule has 1 aromatic heterocycles. The zero-order valence-electron chi connectivity index (χ0n) is 16.1. The standard InChI is InChI=1S/C24H21ClN2OS/c1-16-22(14-23(28)26-15-17-9-11-20(25)12-10-17)29-24(27-16)13-19-7-4-6-18-5-2-3-8-21(18)19/h2-12H,13-15H2,1H3,(H,26,28). The number of aromatic nitrogens is 1. The van der Waals surface area contributed by atoms with E-state index in [-0.39, 0.29) is 5.91 Å². The second-order valence-electron chi connectivity index (χ2n) is 7.01. The van der Waals surface area contributed by atoms with Gasteiger partial charge in [0, 0.05) is 22.9 Å². The number of nitrogens with zero attached hydrogens (tertiary/aromatic N) is 1. The SMILES string of the molecule is Cc1nc(Cc2cccc3ccccc23)sc1CC(=O)NCc1ccc(Cl)cc1. The van der Waals surface area contributed by atoms with Crippen molar-refractivity contribution in [1.82, 2.24) is 10.3 Å². The van der Waals surface area contributed by atoms with E-state index in [9.17, 15) is 4.79 Å². The normalized spacial score (nSPS) is 11.0. The third-order valence-electron chi connectivity index (χ3n) is 4.88. The maximum Gasteiger partial charge on any atom is 0.225 e. The van der Waals surface area contributed by atoms with E-state index in [1.165, 1.54) is 16.3 Å². The molecule has 1 heterocycles. The van der Waals surface area contributed by atoms with Crippen LogP contribution in [0.2, 0.25) is 5.02 Å². The van der Waals surface area contributed by atoms with Gasteiger partial charge in [0.05, 0.1) is 17.1 Å². The Kier molecular flexibility index (Phi) is 5.93. The molecular formula is C24H21ClN2OS. The van der Waals surface area contributed by atoms with E-state index in [0.29, 0.717) is 18.0 Å². The molecule has 0 saturated carbocycles. The molecule has 0 saturated heterocycles. The van der Waals surface area contributed by atoms with E-state index in [1.807, 2.05) is 31.2 Å². The molecule has 0 unspecified atom stereocenters. The van der Waals surface area contributed by atoms with Crippen LogP contribution in [0.25, 0.3) is 10.8 Å². The summed E-state index contributed by atoms with van der Waals surface area (Å²) in [6.45, 7) is 2.47. The second-order valence-corrected chi connectivity index (χ2v) is 8.62. The van der Waals surface area contributed by atoms with Crippen LogP contribution in [-0.4, -0.2) is 10.9 Å². The molecule has 1 amide bonds. The van der Waals surface area contributed by atoms with Gasteiger partial charge in [0.1, 0.15) is 0 Å². The highest BCUT2D eigenvalue weighted by molar-refractivity contribution is 7.11. The van der Waals surface area contributed by atoms with Crippen molar-refractivity contribution in [2.45, 2.75) is 26.3 Å². The molecule has 3 nitrogen and oxygen atoms in total. The zero-order valence-corrected chi connectivity index (χ0v) is 17.7. The predicted octanol–water partition coefficient (Wildman–Crippen LogP) is 5.71. The average molecular weight is 421 g/mol. The smallest absolute Gasteiger partial charge is 0.225 e. The van der Waals surface area contributed by atoms with Crippen LogP contribution >= 0.6 is 22.9 Å². The fourth-order valence-corrected chi connectivity index (χ4v) is 4.57. The monoisotopic (exact) mass is 420 g/mol. The Morgan fingerprint density at radius 2 is 1.79 bits per heavy atom. The lowest BCUT2D eigenvalue weighted by atomic mass is 10.0. The number of aryl methyl sites for hydroxylation is 1. The van der Waals surface area contributed by atoms with Gasteiger partial charge in [-0.15, -0.1) is 11.3 Å². The highest BCUT2D eigenvalue weighted by Crippen LogP contribution is 2.25. The van der Waals surface area contributed by atoms with E-state index in [2.05, 4.69) is 47.8 Å². The molecule has 29 heavy (non-hydrogen) atoms. The minimum absolute atomic E-state index is 0.00316. The summed E-state index contributed by atoms with van der Waals surface area (Å²) in [7, 11) is 0. The summed E-state index contributed by atoms with van der Waals surface area (Å²) in [5, 5.41) is 7.20. The van der Waals surface area contributed by atoms with Crippen molar-refractivity contribution >= 4 is 39.6 Å². The highest BCUT2D eigenvalue weighted by Gasteiger charge is 2.13. The van der Waals surface area contributed by atoms with Crippen LogP contribution in [0.3, 0.4) is 0 Å². The maximum atomic E-state index is 12.4. The van der Waals surface area contributed by atoms with Crippen molar-refractivity contribution in [2.75, 3.05) is 0 Å². The van der Waals surface area contributed by atoms with E-state index in [0.717, 1.165) is 27.6 Å². The van der Waals surface area contributed by atoms with Gasteiger partial charge in [0.2, 0.25) is 5.91 Å². The van der Waals surface area contributed by atoms with Gasteiger partial charge in [0.25, 0.3) is 0 Å². The zero-order chi connectivity index (χ0) is 20.2. The summed E-state index contributed by atoms with van der Waals surface area (Å²) in [5.41, 5.74) is 3.22. The fourth-order valence-electron chi connectivity index (χ4n) is 3.35. The number of thiazole rings is 1. The van der Waals surface area contributed by atoms with Crippen molar-refractivity contribution in [1.29, 1.82) is 0 Å². The summed E-state index contributed by atoms with van der Waals surface area (Å²) in [6, 6.07) is 22.3. The maximum absolute atomic E-state index is 12.4. The van der Waals surface area contributed by atoms with E-state index >= 15 is 0 Å². The third kappa shape index (κ3) is 4.84. The summed E-state index contributed by atoms with van der Waals surface area (Å²) in [5.74, 6) is 0.00316. The molecule has 0 spiro atoms. The summed E-state index contributed by atoms with van der Waals surface area (Å²) in [6.07, 6.45) is 1.13. The van der Waals surface area contributed by atoms with Crippen LogP contribution in [0, 0.1) is 6.92 Å². The molecule has 5 heteroatoms. The van der Waals surface area contributed by atoms with E-state index in [4.69, 9.17) is 16.6 Å². The van der Waals surface area contributed by atoms with Crippen LogP contribution in [0.5, 0.6) is 0 Å². The summed E-state index contributed by atoms with van der Waals surface area (Å²) in [4.78, 5) is 18.1. The number of hydrogen-bond donors (Lipinski definition) is 1. The lowest BCUT2D eigenvalue weighted by Gasteiger charge is -2.05. The highest BCUT2D eigenvalue weighted by atomic mass is 35.5. The van der Waals surface area contributed by atoms with E-state index < -0.39 is 0 Å². The first-order valence-corrected chi connectivity index (χ1v) is 10.7. The minimum Gasteiger partial charge on any atom is -0.352 e. The Bertz CT molecular complexity index is 1150. The molecule has 0 aliphatic heterocycles. The third-order valence-corrected chi connectivity index (χ3v) is 6.29. The molecular weight excluding hydrogens is 400 g/mol. The Balaban J connectivity index is 1.42. The number of rotatable bonds is 6. The van der Waals surface area contributed by atoms with Gasteiger partial charge in [-0.05, 0) is 41.0 Å². The topological polar surface area (TPSA) is 42.0 Å². The van der Waals surface area contributed by atoms with Crippen molar-refractivity contribution in [3.63, 3.8) is 0 Å². The molecule has 4 rings (SSSR count). The number of benzene rings is 3. The Morgan fingerprint density at radius 1 is 1.03 bits per heavy atom. The van der Waals surface area contributed by atoms with Crippen LogP contribution in [-0.2, 0) is 24.2 Å². The average Bonchev–Trinajstić information content (AvgIpc) is 3.06. The lowest BCUT2D eigenvalue weighted by molar-refractivity contribution is -0.120. The first-order valence-electron chi connectivity index (χ1n) is 9.51. The van der Waals surface area contributed by atoms with E-state index in [1.54, 1.807) is 11.3 Å². The molecule has 0 bridgehead atoms. The molecule has 1 N–H and O–H groups in total. The first kappa shape index (κ1) is 19.6. The number of halogens is 1. The first-order chi connectivity index (χ1) is 14.1. The van der Waals surface area contributed by atoms with Crippen molar-refractivity contribution in [3.8, 4) is 0 Å². The minimum atomic E-state index is 0.00316. The van der Waals surface area contributed by atoms with Gasteiger partial charge in [-0.3, -0.25) is 4.79 Å². The fraction of sp³-hybridized carbons (Fsp3) is 0.167. The number of carbonyl (C=O) groups is 1. The van der Waals surface area contributed by atoms with Crippen LogP contribution in [0.1, 0.15) is 26.7 Å². The van der Waals surface area contributed by atoms with Gasteiger partial charge < -0.3 is 5.32 Å². The van der Waals surface area contributed by atoms with Crippen molar-refractivity contribution in [2.24, 2.45) is 0 Å². The molecule has 0 aliphatic rings. The van der Waals surface area contributed by atoms with Crippen molar-refractivity contribution in [3.05, 3.63) is 98.5 Å². The molecule has 0 fully saturated rings.